The van der Waals surface area contributed by atoms with Crippen LogP contribution >= 0.6 is 11.6 Å². The standard InChI is InChI=1S/C12H20ClN3O/c1-2-3-4-5-6-7-8-14-10-9-15-16-12(17)11(10)13/h9H,2-8H2,1H3,(H2,14,16,17). The molecule has 96 valence electrons. The summed E-state index contributed by atoms with van der Waals surface area (Å²) in [4.78, 5) is 11.2. The lowest BCUT2D eigenvalue weighted by Crippen LogP contribution is -2.12. The molecule has 0 radical (unpaired) electrons. The van der Waals surface area contributed by atoms with Crippen LogP contribution in [0, 0.1) is 0 Å². The van der Waals surface area contributed by atoms with Crippen LogP contribution in [0.3, 0.4) is 0 Å². The van der Waals surface area contributed by atoms with Gasteiger partial charge in [-0.15, -0.1) is 0 Å². The molecular formula is C12H20ClN3O. The van der Waals surface area contributed by atoms with Crippen molar-refractivity contribution < 1.29 is 0 Å². The zero-order valence-corrected chi connectivity index (χ0v) is 11.0. The zero-order chi connectivity index (χ0) is 12.5. The maximum absolute atomic E-state index is 11.2. The third-order valence-corrected chi connectivity index (χ3v) is 3.02. The number of anilines is 1. The molecule has 1 rings (SSSR count). The fourth-order valence-corrected chi connectivity index (χ4v) is 1.79. The number of halogens is 1. The minimum atomic E-state index is -0.348. The predicted octanol–water partition coefficient (Wildman–Crippen LogP) is 3.20. The molecule has 1 aromatic rings. The second kappa shape index (κ2) is 8.12. The molecule has 0 spiro atoms. The number of hydrogen-bond donors (Lipinski definition) is 2. The quantitative estimate of drug-likeness (QED) is 0.703. The minimum absolute atomic E-state index is 0.186. The van der Waals surface area contributed by atoms with Crippen LogP contribution in [0.15, 0.2) is 11.0 Å². The lowest BCUT2D eigenvalue weighted by atomic mass is 10.1. The van der Waals surface area contributed by atoms with Gasteiger partial charge in [-0.3, -0.25) is 4.79 Å². The monoisotopic (exact) mass is 257 g/mol. The van der Waals surface area contributed by atoms with Gasteiger partial charge >= 0.3 is 0 Å². The average molecular weight is 258 g/mol. The molecule has 0 bridgehead atoms. The summed E-state index contributed by atoms with van der Waals surface area (Å²) < 4.78 is 0. The number of unbranched alkanes of at least 4 members (excludes halogenated alkanes) is 5. The van der Waals surface area contributed by atoms with Crippen LogP contribution in [0.25, 0.3) is 0 Å². The zero-order valence-electron chi connectivity index (χ0n) is 10.3. The van der Waals surface area contributed by atoms with Crippen LogP contribution < -0.4 is 10.9 Å². The maximum Gasteiger partial charge on any atom is 0.285 e. The van der Waals surface area contributed by atoms with Crippen molar-refractivity contribution in [2.75, 3.05) is 11.9 Å². The van der Waals surface area contributed by atoms with Crippen LogP contribution in [0.2, 0.25) is 5.02 Å². The normalized spacial score (nSPS) is 10.5. The van der Waals surface area contributed by atoms with Crippen LogP contribution in [0.4, 0.5) is 5.69 Å². The Bertz CT molecular complexity index is 378. The van der Waals surface area contributed by atoms with Crippen molar-refractivity contribution in [1.82, 2.24) is 10.2 Å². The summed E-state index contributed by atoms with van der Waals surface area (Å²) in [6.45, 7) is 3.04. The first-order valence-corrected chi connectivity index (χ1v) is 6.60. The van der Waals surface area contributed by atoms with E-state index in [9.17, 15) is 4.79 Å². The summed E-state index contributed by atoms with van der Waals surface area (Å²) in [7, 11) is 0. The van der Waals surface area contributed by atoms with Crippen molar-refractivity contribution in [3.8, 4) is 0 Å². The molecule has 0 atom stereocenters. The Morgan fingerprint density at radius 3 is 2.76 bits per heavy atom. The molecule has 0 amide bonds. The van der Waals surface area contributed by atoms with Gasteiger partial charge in [-0.25, -0.2) is 5.10 Å². The molecule has 1 aromatic heterocycles. The molecule has 0 saturated heterocycles. The molecule has 0 aliphatic rings. The summed E-state index contributed by atoms with van der Waals surface area (Å²) in [5.74, 6) is 0. The number of nitrogens with zero attached hydrogens (tertiary/aromatic N) is 1. The average Bonchev–Trinajstić information content (AvgIpc) is 2.33. The first-order valence-electron chi connectivity index (χ1n) is 6.22. The van der Waals surface area contributed by atoms with Gasteiger partial charge < -0.3 is 5.32 Å². The van der Waals surface area contributed by atoms with Gasteiger partial charge in [-0.05, 0) is 6.42 Å². The Balaban J connectivity index is 2.18. The van der Waals surface area contributed by atoms with Gasteiger partial charge in [0, 0.05) is 6.54 Å². The number of aromatic amines is 1. The summed E-state index contributed by atoms with van der Waals surface area (Å²) in [6, 6.07) is 0. The smallest absolute Gasteiger partial charge is 0.285 e. The van der Waals surface area contributed by atoms with Crippen molar-refractivity contribution >= 4 is 17.3 Å². The van der Waals surface area contributed by atoms with Crippen molar-refractivity contribution in [2.45, 2.75) is 45.4 Å². The van der Waals surface area contributed by atoms with Gasteiger partial charge in [-0.2, -0.15) is 5.10 Å². The van der Waals surface area contributed by atoms with Gasteiger partial charge in [0.05, 0.1) is 11.9 Å². The topological polar surface area (TPSA) is 57.8 Å². The predicted molar refractivity (Wildman–Crippen MR) is 71.7 cm³/mol. The highest BCUT2D eigenvalue weighted by Crippen LogP contribution is 2.14. The van der Waals surface area contributed by atoms with Crippen LogP contribution in [0.1, 0.15) is 45.4 Å². The molecule has 0 aliphatic carbocycles. The van der Waals surface area contributed by atoms with Crippen molar-refractivity contribution in [3.63, 3.8) is 0 Å². The molecule has 2 N–H and O–H groups in total. The second-order valence-electron chi connectivity index (χ2n) is 4.12. The highest BCUT2D eigenvalue weighted by molar-refractivity contribution is 6.32. The lowest BCUT2D eigenvalue weighted by Gasteiger charge is -2.06. The molecule has 5 heteroatoms. The number of aromatic nitrogens is 2. The second-order valence-corrected chi connectivity index (χ2v) is 4.50. The molecule has 0 aromatic carbocycles. The van der Waals surface area contributed by atoms with Gasteiger partial charge in [0.2, 0.25) is 0 Å². The molecular weight excluding hydrogens is 238 g/mol. The fourth-order valence-electron chi connectivity index (χ4n) is 1.64. The fraction of sp³-hybridized carbons (Fsp3) is 0.667. The number of H-pyrrole nitrogens is 1. The Morgan fingerprint density at radius 2 is 2.00 bits per heavy atom. The Hall–Kier alpha value is -1.03. The maximum atomic E-state index is 11.2. The lowest BCUT2D eigenvalue weighted by molar-refractivity contribution is 0.617. The highest BCUT2D eigenvalue weighted by Gasteiger charge is 2.03. The SMILES string of the molecule is CCCCCCCCNc1cn[nH]c(=O)c1Cl. The van der Waals surface area contributed by atoms with Crippen molar-refractivity contribution in [2.24, 2.45) is 0 Å². The van der Waals surface area contributed by atoms with E-state index in [2.05, 4.69) is 22.4 Å². The molecule has 1 heterocycles. The molecule has 17 heavy (non-hydrogen) atoms. The highest BCUT2D eigenvalue weighted by atomic mass is 35.5. The van der Waals surface area contributed by atoms with E-state index in [4.69, 9.17) is 11.6 Å². The van der Waals surface area contributed by atoms with Crippen molar-refractivity contribution in [1.29, 1.82) is 0 Å². The summed E-state index contributed by atoms with van der Waals surface area (Å²) >= 11 is 5.83. The van der Waals surface area contributed by atoms with Crippen LogP contribution in [-0.2, 0) is 0 Å². The van der Waals surface area contributed by atoms with Gasteiger partial charge in [0.25, 0.3) is 5.56 Å². The van der Waals surface area contributed by atoms with Crippen LogP contribution in [0.5, 0.6) is 0 Å². The third kappa shape index (κ3) is 5.22. The van der Waals surface area contributed by atoms with E-state index in [0.29, 0.717) is 5.69 Å². The molecule has 0 saturated carbocycles. The van der Waals surface area contributed by atoms with Crippen LogP contribution in [-0.4, -0.2) is 16.7 Å². The van der Waals surface area contributed by atoms with E-state index in [-0.39, 0.29) is 10.6 Å². The first kappa shape index (κ1) is 14.0. The summed E-state index contributed by atoms with van der Waals surface area (Å²) in [5, 5.41) is 9.30. The number of hydrogen-bond acceptors (Lipinski definition) is 3. The van der Waals surface area contributed by atoms with E-state index in [0.717, 1.165) is 13.0 Å². The Kier molecular flexibility index (Phi) is 6.70. The molecule has 4 nitrogen and oxygen atoms in total. The van der Waals surface area contributed by atoms with Gasteiger partial charge in [0.1, 0.15) is 5.02 Å². The van der Waals surface area contributed by atoms with E-state index in [1.54, 1.807) is 6.20 Å². The molecule has 0 unspecified atom stereocenters. The Morgan fingerprint density at radius 1 is 1.29 bits per heavy atom. The number of nitrogens with one attached hydrogen (secondary N) is 2. The van der Waals surface area contributed by atoms with Gasteiger partial charge in [0.15, 0.2) is 0 Å². The summed E-state index contributed by atoms with van der Waals surface area (Å²) in [6.07, 6.45) is 9.01. The third-order valence-electron chi connectivity index (χ3n) is 2.64. The molecule has 0 fully saturated rings. The van der Waals surface area contributed by atoms with Gasteiger partial charge in [-0.1, -0.05) is 50.6 Å². The Labute approximate surface area is 107 Å². The van der Waals surface area contributed by atoms with E-state index in [1.807, 2.05) is 0 Å². The molecule has 0 aliphatic heterocycles. The summed E-state index contributed by atoms with van der Waals surface area (Å²) in [5.41, 5.74) is 0.267. The largest absolute Gasteiger partial charge is 0.382 e. The minimum Gasteiger partial charge on any atom is -0.382 e. The van der Waals surface area contributed by atoms with E-state index >= 15 is 0 Å². The van der Waals surface area contributed by atoms with E-state index in [1.165, 1.54) is 32.1 Å². The van der Waals surface area contributed by atoms with Crippen molar-refractivity contribution in [3.05, 3.63) is 21.6 Å². The number of rotatable bonds is 8. The van der Waals surface area contributed by atoms with E-state index < -0.39 is 0 Å². The first-order chi connectivity index (χ1) is 8.25.